The van der Waals surface area contributed by atoms with Gasteiger partial charge in [-0.1, -0.05) is 19.4 Å². The van der Waals surface area contributed by atoms with Crippen LogP contribution in [0.4, 0.5) is 5.69 Å². The Kier molecular flexibility index (Phi) is 6.67. The topological polar surface area (TPSA) is 66.9 Å². The number of nitrogens with zero attached hydrogens (tertiary/aromatic N) is 2. The maximum absolute atomic E-state index is 12.2. The number of hydrogen-bond donors (Lipinski definition) is 0. The third kappa shape index (κ3) is 5.22. The first-order chi connectivity index (χ1) is 10.3. The molecular formula is C15H24N2O4S. The Morgan fingerprint density at radius 1 is 1.32 bits per heavy atom. The minimum absolute atomic E-state index is 0.216. The molecule has 124 valence electrons. The summed E-state index contributed by atoms with van der Waals surface area (Å²) in [7, 11) is -0.370. The maximum Gasteiger partial charge on any atom is 0.243 e. The van der Waals surface area contributed by atoms with Gasteiger partial charge in [-0.15, -0.1) is 0 Å². The fourth-order valence-electron chi connectivity index (χ4n) is 1.93. The summed E-state index contributed by atoms with van der Waals surface area (Å²) in [6.45, 7) is 2.44. The third-order valence-electron chi connectivity index (χ3n) is 3.29. The first-order valence-corrected chi connectivity index (χ1v) is 9.00. The Balaban J connectivity index is 2.97. The van der Waals surface area contributed by atoms with Crippen LogP contribution in [-0.2, 0) is 14.8 Å². The molecule has 0 unspecified atom stereocenters. The average Bonchev–Trinajstić information content (AvgIpc) is 2.48. The van der Waals surface area contributed by atoms with E-state index in [1.54, 1.807) is 36.2 Å². The molecular weight excluding hydrogens is 304 g/mol. The smallest absolute Gasteiger partial charge is 0.243 e. The number of sulfonamides is 1. The van der Waals surface area contributed by atoms with Crippen molar-refractivity contribution in [1.29, 1.82) is 0 Å². The molecule has 0 radical (unpaired) electrons. The quantitative estimate of drug-likeness (QED) is 0.729. The van der Waals surface area contributed by atoms with Gasteiger partial charge in [-0.05, 0) is 18.6 Å². The third-order valence-corrected chi connectivity index (χ3v) is 4.43. The second-order valence-corrected chi connectivity index (χ2v) is 7.05. The molecule has 1 aromatic rings. The van der Waals surface area contributed by atoms with Gasteiger partial charge in [-0.3, -0.25) is 9.10 Å². The first kappa shape index (κ1) is 18.3. The van der Waals surface area contributed by atoms with Crippen molar-refractivity contribution in [1.82, 2.24) is 4.90 Å². The van der Waals surface area contributed by atoms with E-state index in [4.69, 9.17) is 4.74 Å². The number of ether oxygens (including phenoxy) is 1. The second kappa shape index (κ2) is 8.03. The minimum Gasteiger partial charge on any atom is -0.497 e. The van der Waals surface area contributed by atoms with Crippen LogP contribution in [0.3, 0.4) is 0 Å². The summed E-state index contributed by atoms with van der Waals surface area (Å²) in [5.74, 6) is 0.305. The molecule has 0 aromatic heterocycles. The van der Waals surface area contributed by atoms with Crippen LogP contribution in [0.1, 0.15) is 19.8 Å². The molecule has 0 aliphatic carbocycles. The van der Waals surface area contributed by atoms with E-state index >= 15 is 0 Å². The molecule has 1 amide bonds. The molecule has 0 heterocycles. The van der Waals surface area contributed by atoms with Crippen LogP contribution in [0.2, 0.25) is 0 Å². The van der Waals surface area contributed by atoms with Crippen molar-refractivity contribution >= 4 is 21.6 Å². The number of hydrogen-bond acceptors (Lipinski definition) is 4. The van der Waals surface area contributed by atoms with Crippen molar-refractivity contribution in [2.75, 3.05) is 37.8 Å². The van der Waals surface area contributed by atoms with Crippen molar-refractivity contribution in [2.45, 2.75) is 19.8 Å². The van der Waals surface area contributed by atoms with Crippen molar-refractivity contribution in [3.05, 3.63) is 24.3 Å². The predicted octanol–water partition coefficient (Wildman–Crippen LogP) is 1.72. The summed E-state index contributed by atoms with van der Waals surface area (Å²) in [5, 5.41) is 0. The summed E-state index contributed by atoms with van der Waals surface area (Å²) in [6.07, 6.45) is 2.95. The van der Waals surface area contributed by atoms with E-state index in [1.807, 2.05) is 6.92 Å². The highest BCUT2D eigenvalue weighted by Gasteiger charge is 2.22. The normalized spacial score (nSPS) is 11.1. The van der Waals surface area contributed by atoms with Gasteiger partial charge in [0.05, 0.1) is 19.1 Å². The Labute approximate surface area is 132 Å². The van der Waals surface area contributed by atoms with E-state index in [0.29, 0.717) is 18.0 Å². The Morgan fingerprint density at radius 2 is 2.00 bits per heavy atom. The lowest BCUT2D eigenvalue weighted by molar-refractivity contribution is -0.128. The summed E-state index contributed by atoms with van der Waals surface area (Å²) in [5.41, 5.74) is 0.416. The monoisotopic (exact) mass is 328 g/mol. The molecule has 6 nitrogen and oxygen atoms in total. The molecule has 0 aliphatic heterocycles. The van der Waals surface area contributed by atoms with Crippen LogP contribution < -0.4 is 9.04 Å². The average molecular weight is 328 g/mol. The zero-order valence-corrected chi connectivity index (χ0v) is 14.4. The molecule has 0 aliphatic rings. The largest absolute Gasteiger partial charge is 0.497 e. The highest BCUT2D eigenvalue weighted by Crippen LogP contribution is 2.23. The van der Waals surface area contributed by atoms with Gasteiger partial charge in [0, 0.05) is 19.7 Å². The molecule has 0 N–H and O–H groups in total. The number of likely N-dealkylation sites (N-methyl/N-ethyl adjacent to an activating group) is 1. The Morgan fingerprint density at radius 3 is 2.55 bits per heavy atom. The van der Waals surface area contributed by atoms with E-state index in [-0.39, 0.29) is 12.5 Å². The molecule has 1 aromatic carbocycles. The van der Waals surface area contributed by atoms with Crippen LogP contribution in [0, 0.1) is 0 Å². The van der Waals surface area contributed by atoms with Gasteiger partial charge < -0.3 is 9.64 Å². The van der Waals surface area contributed by atoms with Gasteiger partial charge in [-0.25, -0.2) is 8.42 Å². The van der Waals surface area contributed by atoms with E-state index in [9.17, 15) is 13.2 Å². The zero-order chi connectivity index (χ0) is 16.8. The van der Waals surface area contributed by atoms with Crippen LogP contribution in [0.15, 0.2) is 24.3 Å². The van der Waals surface area contributed by atoms with E-state index in [0.717, 1.165) is 23.4 Å². The minimum atomic E-state index is -3.56. The van der Waals surface area contributed by atoms with Crippen molar-refractivity contribution in [2.24, 2.45) is 0 Å². The zero-order valence-electron chi connectivity index (χ0n) is 13.6. The van der Waals surface area contributed by atoms with E-state index < -0.39 is 10.0 Å². The number of amides is 1. The Bertz CT molecular complexity index is 601. The molecule has 0 saturated heterocycles. The number of rotatable bonds is 8. The summed E-state index contributed by atoms with van der Waals surface area (Å²) in [4.78, 5) is 13.8. The number of methoxy groups -OCH3 is 1. The van der Waals surface area contributed by atoms with Crippen molar-refractivity contribution in [3.8, 4) is 5.75 Å². The molecule has 0 fully saturated rings. The number of anilines is 1. The fraction of sp³-hybridized carbons (Fsp3) is 0.533. The molecule has 0 spiro atoms. The van der Waals surface area contributed by atoms with Gasteiger partial charge in [0.1, 0.15) is 12.3 Å². The summed E-state index contributed by atoms with van der Waals surface area (Å²) >= 11 is 0. The van der Waals surface area contributed by atoms with Gasteiger partial charge in [0.15, 0.2) is 0 Å². The predicted molar refractivity (Wildman–Crippen MR) is 87.7 cm³/mol. The van der Waals surface area contributed by atoms with Gasteiger partial charge in [0.25, 0.3) is 0 Å². The van der Waals surface area contributed by atoms with Gasteiger partial charge in [-0.2, -0.15) is 0 Å². The highest BCUT2D eigenvalue weighted by molar-refractivity contribution is 7.92. The summed E-state index contributed by atoms with van der Waals surface area (Å²) < 4.78 is 30.2. The van der Waals surface area contributed by atoms with E-state index in [2.05, 4.69) is 0 Å². The molecule has 0 atom stereocenters. The first-order valence-electron chi connectivity index (χ1n) is 7.15. The second-order valence-electron chi connectivity index (χ2n) is 5.14. The molecule has 1 rings (SSSR count). The Hall–Kier alpha value is -1.76. The van der Waals surface area contributed by atoms with Crippen LogP contribution in [-0.4, -0.2) is 52.7 Å². The number of unbranched alkanes of at least 4 members (excludes halogenated alkanes) is 1. The van der Waals surface area contributed by atoms with Crippen molar-refractivity contribution < 1.29 is 17.9 Å². The van der Waals surface area contributed by atoms with Crippen LogP contribution >= 0.6 is 0 Å². The standard InChI is InChI=1S/C15H24N2O4S/c1-5-6-10-16(2)15(18)12-17(22(4,19)20)13-8-7-9-14(11-13)21-3/h7-9,11H,5-6,10,12H2,1-4H3. The van der Waals surface area contributed by atoms with Gasteiger partial charge >= 0.3 is 0 Å². The number of benzene rings is 1. The van der Waals surface area contributed by atoms with E-state index in [1.165, 1.54) is 7.11 Å². The number of carbonyl (C=O) groups excluding carboxylic acids is 1. The van der Waals surface area contributed by atoms with Gasteiger partial charge in [0.2, 0.25) is 15.9 Å². The lowest BCUT2D eigenvalue weighted by atomic mass is 10.3. The molecule has 0 saturated carbocycles. The number of carbonyl (C=O) groups is 1. The lowest BCUT2D eigenvalue weighted by Crippen LogP contribution is -2.41. The van der Waals surface area contributed by atoms with Crippen molar-refractivity contribution in [3.63, 3.8) is 0 Å². The highest BCUT2D eigenvalue weighted by atomic mass is 32.2. The van der Waals surface area contributed by atoms with Crippen LogP contribution in [0.25, 0.3) is 0 Å². The lowest BCUT2D eigenvalue weighted by Gasteiger charge is -2.25. The molecule has 0 bridgehead atoms. The maximum atomic E-state index is 12.2. The fourth-order valence-corrected chi connectivity index (χ4v) is 2.77. The summed E-state index contributed by atoms with van der Waals surface area (Å²) in [6, 6.07) is 6.65. The molecule has 7 heteroatoms. The van der Waals surface area contributed by atoms with Crippen LogP contribution in [0.5, 0.6) is 5.75 Å². The SMILES string of the molecule is CCCCN(C)C(=O)CN(c1cccc(OC)c1)S(C)(=O)=O. The molecule has 22 heavy (non-hydrogen) atoms.